The van der Waals surface area contributed by atoms with Gasteiger partial charge >= 0.3 is 189 Å². The summed E-state index contributed by atoms with van der Waals surface area (Å²) in [5, 5.41) is 0. The van der Waals surface area contributed by atoms with Gasteiger partial charge in [0.15, 0.2) is 0 Å². The molecule has 0 atom stereocenters. The fraction of sp³-hybridized carbons (Fsp3) is 0. The number of benzene rings is 4. The van der Waals surface area contributed by atoms with Crippen LogP contribution in [0.3, 0.4) is 0 Å². The molecule has 1 spiro atoms. The first-order valence-electron chi connectivity index (χ1n) is 10.6. The number of halogens is 1. The van der Waals surface area contributed by atoms with Gasteiger partial charge in [0.25, 0.3) is 0 Å². The molecule has 0 saturated heterocycles. The summed E-state index contributed by atoms with van der Waals surface area (Å²) in [7, 11) is -6.61. The molecule has 0 aliphatic carbocycles. The monoisotopic (exact) mass is 458 g/mol. The standard InChI is InChI=1S/C26H18FNO4P/c27-33(30-23-17-9-10-18-24(23)31-33)28(21-15-7-8-16-22(21)29-33)25(19-11-3-1-4-12-19)26(32-33)20-13-5-2-6-14-20/h1-18H/q-1. The Bertz CT molecular complexity index is 1450. The van der Waals surface area contributed by atoms with Crippen LogP contribution in [0.15, 0.2) is 109 Å². The van der Waals surface area contributed by atoms with Crippen LogP contribution >= 0.6 is 7.31 Å². The molecule has 0 aromatic heterocycles. The van der Waals surface area contributed by atoms with Gasteiger partial charge in [-0.05, 0) is 0 Å². The number of fused-ring (bicyclic) bond motifs is 3. The molecule has 0 N–H and O–H groups in total. The first-order chi connectivity index (χ1) is 16.0. The van der Waals surface area contributed by atoms with E-state index in [0.717, 1.165) is 5.56 Å². The second-order valence-electron chi connectivity index (χ2n) is 8.13. The maximum absolute atomic E-state index is 18.4. The van der Waals surface area contributed by atoms with Gasteiger partial charge in [-0.15, -0.1) is 0 Å². The molecule has 0 unspecified atom stereocenters. The van der Waals surface area contributed by atoms with E-state index in [1.807, 2.05) is 66.7 Å². The van der Waals surface area contributed by atoms with Crippen molar-refractivity contribution in [3.63, 3.8) is 0 Å². The first-order valence-corrected chi connectivity index (χ1v) is 12.8. The Morgan fingerprint density at radius 2 is 1.00 bits per heavy atom. The molecule has 3 heterocycles. The van der Waals surface area contributed by atoms with E-state index in [-0.39, 0.29) is 23.0 Å². The summed E-state index contributed by atoms with van der Waals surface area (Å²) < 4.78 is 44.5. The van der Waals surface area contributed by atoms with Crippen molar-refractivity contribution < 1.29 is 22.3 Å². The molecule has 0 bridgehead atoms. The zero-order valence-electron chi connectivity index (χ0n) is 17.3. The summed E-state index contributed by atoms with van der Waals surface area (Å²) in [6.07, 6.45) is 0. The van der Waals surface area contributed by atoms with Crippen LogP contribution in [0.5, 0.6) is 17.2 Å². The van der Waals surface area contributed by atoms with E-state index in [1.54, 1.807) is 42.5 Å². The molecule has 33 heavy (non-hydrogen) atoms. The van der Waals surface area contributed by atoms with Crippen LogP contribution in [0, 0.1) is 0 Å². The van der Waals surface area contributed by atoms with Crippen LogP contribution in [-0.4, -0.2) is 0 Å². The average molecular weight is 458 g/mol. The molecule has 4 aromatic rings. The summed E-state index contributed by atoms with van der Waals surface area (Å²) in [6.45, 7) is 0. The van der Waals surface area contributed by atoms with E-state index in [4.69, 9.17) is 18.1 Å². The van der Waals surface area contributed by atoms with Crippen LogP contribution in [0.2, 0.25) is 0 Å². The second-order valence-corrected chi connectivity index (χ2v) is 11.5. The minimum absolute atomic E-state index is 0.218. The van der Waals surface area contributed by atoms with Crippen LogP contribution in [0.25, 0.3) is 11.5 Å². The van der Waals surface area contributed by atoms with Crippen molar-refractivity contribution in [2.24, 2.45) is 0 Å². The third-order valence-electron chi connectivity index (χ3n) is 5.99. The molecule has 5 nitrogen and oxygen atoms in total. The molecule has 0 saturated carbocycles. The minimum atomic E-state index is -6.61. The van der Waals surface area contributed by atoms with Crippen molar-refractivity contribution in [2.75, 3.05) is 4.67 Å². The van der Waals surface area contributed by atoms with Crippen LogP contribution < -0.4 is 18.2 Å². The van der Waals surface area contributed by atoms with Crippen LogP contribution in [0.4, 0.5) is 9.88 Å². The number of nitrogens with zero attached hydrogens (tertiary/aromatic N) is 1. The quantitative estimate of drug-likeness (QED) is 0.292. The van der Waals surface area contributed by atoms with Crippen molar-refractivity contribution in [1.29, 1.82) is 0 Å². The Hall–Kier alpha value is -4.02. The number of hydrogen-bond donors (Lipinski definition) is 0. The van der Waals surface area contributed by atoms with Crippen LogP contribution in [0.1, 0.15) is 11.1 Å². The zero-order valence-corrected chi connectivity index (χ0v) is 18.2. The number of anilines is 1. The van der Waals surface area contributed by atoms with Gasteiger partial charge in [0.05, 0.1) is 0 Å². The van der Waals surface area contributed by atoms with E-state index >= 15 is 4.20 Å². The summed E-state index contributed by atoms with van der Waals surface area (Å²) >= 11 is 0. The molecule has 3 aliphatic heterocycles. The zero-order chi connectivity index (χ0) is 22.2. The number of rotatable bonds is 2. The van der Waals surface area contributed by atoms with Crippen molar-refractivity contribution >= 4 is 24.5 Å². The molecule has 164 valence electrons. The van der Waals surface area contributed by atoms with Gasteiger partial charge in [0, 0.05) is 0 Å². The average Bonchev–Trinajstić information content (AvgIpc) is 3.36. The van der Waals surface area contributed by atoms with E-state index in [9.17, 15) is 0 Å². The van der Waals surface area contributed by atoms with Gasteiger partial charge in [-0.3, -0.25) is 0 Å². The molecule has 4 aromatic carbocycles. The molecule has 0 radical (unpaired) electrons. The number of para-hydroxylation sites is 4. The summed E-state index contributed by atoms with van der Waals surface area (Å²) in [5.41, 5.74) is 2.35. The van der Waals surface area contributed by atoms with E-state index in [0.29, 0.717) is 16.9 Å². The SMILES string of the molecule is F[P-]123(OC(c4ccccc4)=C(c4ccccc4)N1c1ccccc1O2)Oc1ccccc1O3. The van der Waals surface area contributed by atoms with Gasteiger partial charge in [-0.2, -0.15) is 0 Å². The maximum atomic E-state index is 18.4. The van der Waals surface area contributed by atoms with Crippen LogP contribution in [-0.2, 0) is 4.52 Å². The van der Waals surface area contributed by atoms with Gasteiger partial charge in [0.1, 0.15) is 0 Å². The third-order valence-corrected chi connectivity index (χ3v) is 9.48. The Labute approximate surface area is 189 Å². The molecular weight excluding hydrogens is 440 g/mol. The Morgan fingerprint density at radius 1 is 0.515 bits per heavy atom. The van der Waals surface area contributed by atoms with Crippen molar-refractivity contribution in [2.45, 2.75) is 0 Å². The second kappa shape index (κ2) is 5.66. The van der Waals surface area contributed by atoms with E-state index in [1.165, 1.54) is 4.67 Å². The topological polar surface area (TPSA) is 40.2 Å². The predicted octanol–water partition coefficient (Wildman–Crippen LogP) is 7.46. The number of hydrogen-bond acceptors (Lipinski definition) is 5. The van der Waals surface area contributed by atoms with E-state index < -0.39 is 7.31 Å². The normalized spacial score (nSPS) is 21.7. The predicted molar refractivity (Wildman–Crippen MR) is 126 cm³/mol. The van der Waals surface area contributed by atoms with Gasteiger partial charge < -0.3 is 0 Å². The van der Waals surface area contributed by atoms with Crippen molar-refractivity contribution in [3.05, 3.63) is 120 Å². The molecule has 3 aliphatic rings. The molecule has 7 heteroatoms. The van der Waals surface area contributed by atoms with Gasteiger partial charge in [0.2, 0.25) is 0 Å². The fourth-order valence-electron chi connectivity index (χ4n) is 4.68. The molecule has 7 rings (SSSR count). The summed E-state index contributed by atoms with van der Waals surface area (Å²) in [5.74, 6) is 0.997. The first kappa shape index (κ1) is 18.5. The summed E-state index contributed by atoms with van der Waals surface area (Å²) in [4.78, 5) is 0. The summed E-state index contributed by atoms with van der Waals surface area (Å²) in [6, 6.07) is 32.7. The Balaban J connectivity index is 1.59. The van der Waals surface area contributed by atoms with Crippen molar-refractivity contribution in [1.82, 2.24) is 0 Å². The van der Waals surface area contributed by atoms with Crippen molar-refractivity contribution in [3.8, 4) is 17.2 Å². The molecule has 0 fully saturated rings. The molecular formula is C26H18FNO4P-. The Kier molecular flexibility index (Phi) is 3.18. The Morgan fingerprint density at radius 3 is 1.64 bits per heavy atom. The fourth-order valence-corrected chi connectivity index (χ4v) is 8.67. The van der Waals surface area contributed by atoms with E-state index in [2.05, 4.69) is 0 Å². The third kappa shape index (κ3) is 2.23. The van der Waals surface area contributed by atoms with Gasteiger partial charge in [-0.1, -0.05) is 0 Å². The van der Waals surface area contributed by atoms with Gasteiger partial charge in [-0.25, -0.2) is 0 Å². The molecule has 0 amide bonds.